The van der Waals surface area contributed by atoms with Gasteiger partial charge in [0.2, 0.25) is 10.0 Å². The van der Waals surface area contributed by atoms with Gasteiger partial charge < -0.3 is 10.1 Å². The van der Waals surface area contributed by atoms with Crippen LogP contribution in [-0.2, 0) is 16.6 Å². The highest BCUT2D eigenvalue weighted by Crippen LogP contribution is 2.26. The van der Waals surface area contributed by atoms with E-state index in [9.17, 15) is 8.42 Å². The number of hydrogen-bond donors (Lipinski definition) is 2. The van der Waals surface area contributed by atoms with E-state index >= 15 is 0 Å². The molecule has 0 fully saturated rings. The number of benzene rings is 1. The molecule has 0 unspecified atom stereocenters. The van der Waals surface area contributed by atoms with E-state index in [0.29, 0.717) is 29.3 Å². The van der Waals surface area contributed by atoms with Gasteiger partial charge >= 0.3 is 0 Å². The maximum absolute atomic E-state index is 11.9. The molecule has 0 heterocycles. The second-order valence-electron chi connectivity index (χ2n) is 4.27. The van der Waals surface area contributed by atoms with Crippen molar-refractivity contribution in [2.24, 2.45) is 0 Å². The molecule has 1 aromatic rings. The number of sulfonamides is 1. The zero-order chi connectivity index (χ0) is 15.0. The highest BCUT2D eigenvalue weighted by Gasteiger charge is 2.13. The summed E-state index contributed by atoms with van der Waals surface area (Å²) in [5.74, 6) is 0.667. The summed E-state index contributed by atoms with van der Waals surface area (Å²) < 4.78 is 31.4. The first-order valence-corrected chi connectivity index (χ1v) is 8.52. The number of hydrogen-bond acceptors (Lipinski definition) is 4. The second-order valence-corrected chi connectivity index (χ2v) is 6.60. The highest BCUT2D eigenvalue weighted by molar-refractivity contribution is 7.89. The van der Waals surface area contributed by atoms with Gasteiger partial charge in [-0.1, -0.05) is 24.6 Å². The maximum atomic E-state index is 11.9. The van der Waals surface area contributed by atoms with Crippen LogP contribution >= 0.6 is 11.6 Å². The predicted molar refractivity (Wildman–Crippen MR) is 81.8 cm³/mol. The first-order valence-electron chi connectivity index (χ1n) is 6.49. The fourth-order valence-electron chi connectivity index (χ4n) is 1.72. The SMILES string of the molecule is CCNCCCS(=O)(=O)NCc1c(Cl)cccc1OC. The van der Waals surface area contributed by atoms with Crippen LogP contribution in [0.5, 0.6) is 5.75 Å². The van der Waals surface area contributed by atoms with Crippen molar-refractivity contribution in [2.75, 3.05) is 26.0 Å². The molecule has 0 aliphatic heterocycles. The summed E-state index contributed by atoms with van der Waals surface area (Å²) in [6.07, 6.45) is 0.572. The average Bonchev–Trinajstić information content (AvgIpc) is 2.42. The van der Waals surface area contributed by atoms with Crippen molar-refractivity contribution in [3.05, 3.63) is 28.8 Å². The standard InChI is InChI=1S/C13H21ClN2O3S/c1-3-15-8-5-9-20(17,18)16-10-11-12(14)6-4-7-13(11)19-2/h4,6-7,15-16H,3,5,8-10H2,1-2H3. The van der Waals surface area contributed by atoms with Crippen LogP contribution in [-0.4, -0.2) is 34.4 Å². The van der Waals surface area contributed by atoms with Crippen molar-refractivity contribution in [2.45, 2.75) is 19.9 Å². The van der Waals surface area contributed by atoms with Gasteiger partial charge in [-0.25, -0.2) is 13.1 Å². The first-order chi connectivity index (χ1) is 9.50. The number of halogens is 1. The van der Waals surface area contributed by atoms with Crippen molar-refractivity contribution in [1.82, 2.24) is 10.0 Å². The molecular weight excluding hydrogens is 300 g/mol. The van der Waals surface area contributed by atoms with E-state index in [1.165, 1.54) is 7.11 Å². The van der Waals surface area contributed by atoms with Gasteiger partial charge in [0.15, 0.2) is 0 Å². The largest absolute Gasteiger partial charge is 0.496 e. The Morgan fingerprint density at radius 3 is 2.75 bits per heavy atom. The Balaban J connectivity index is 2.58. The van der Waals surface area contributed by atoms with Crippen molar-refractivity contribution in [3.8, 4) is 5.75 Å². The normalized spacial score (nSPS) is 11.6. The van der Waals surface area contributed by atoms with Gasteiger partial charge in [0, 0.05) is 17.1 Å². The van der Waals surface area contributed by atoms with Crippen LogP contribution in [0.4, 0.5) is 0 Å². The van der Waals surface area contributed by atoms with Crippen LogP contribution in [0.25, 0.3) is 0 Å². The van der Waals surface area contributed by atoms with E-state index in [1.54, 1.807) is 18.2 Å². The van der Waals surface area contributed by atoms with Gasteiger partial charge in [-0.2, -0.15) is 0 Å². The van der Waals surface area contributed by atoms with Crippen molar-refractivity contribution in [1.29, 1.82) is 0 Å². The van der Waals surface area contributed by atoms with Gasteiger partial charge in [-0.05, 0) is 31.6 Å². The molecule has 0 saturated carbocycles. The van der Waals surface area contributed by atoms with Crippen molar-refractivity contribution >= 4 is 21.6 Å². The van der Waals surface area contributed by atoms with Crippen LogP contribution in [0.3, 0.4) is 0 Å². The van der Waals surface area contributed by atoms with Crippen LogP contribution in [0.2, 0.25) is 5.02 Å². The lowest BCUT2D eigenvalue weighted by Crippen LogP contribution is -2.28. The third-order valence-electron chi connectivity index (χ3n) is 2.78. The monoisotopic (exact) mass is 320 g/mol. The lowest BCUT2D eigenvalue weighted by Gasteiger charge is -2.11. The third-order valence-corrected chi connectivity index (χ3v) is 4.55. The lowest BCUT2D eigenvalue weighted by atomic mass is 10.2. The molecule has 5 nitrogen and oxygen atoms in total. The summed E-state index contributed by atoms with van der Waals surface area (Å²) in [7, 11) is -1.78. The quantitative estimate of drug-likeness (QED) is 0.680. The molecule has 0 aliphatic rings. The summed E-state index contributed by atoms with van der Waals surface area (Å²) in [6, 6.07) is 5.22. The van der Waals surface area contributed by atoms with Crippen LogP contribution in [0.15, 0.2) is 18.2 Å². The molecule has 0 atom stereocenters. The molecule has 114 valence electrons. The minimum Gasteiger partial charge on any atom is -0.496 e. The molecule has 1 aromatic carbocycles. The fraction of sp³-hybridized carbons (Fsp3) is 0.538. The fourth-order valence-corrected chi connectivity index (χ4v) is 2.99. The zero-order valence-electron chi connectivity index (χ0n) is 11.8. The Hall–Kier alpha value is -0.820. The smallest absolute Gasteiger partial charge is 0.211 e. The molecule has 2 N–H and O–H groups in total. The molecule has 7 heteroatoms. The van der Waals surface area contributed by atoms with E-state index in [0.717, 1.165) is 6.54 Å². The molecule has 1 rings (SSSR count). The molecule has 0 aromatic heterocycles. The van der Waals surface area contributed by atoms with E-state index < -0.39 is 10.0 Å². The van der Waals surface area contributed by atoms with Gasteiger partial charge in [-0.15, -0.1) is 0 Å². The van der Waals surface area contributed by atoms with Gasteiger partial charge in [0.05, 0.1) is 12.9 Å². The average molecular weight is 321 g/mol. The predicted octanol–water partition coefficient (Wildman–Crippen LogP) is 1.77. The number of nitrogens with one attached hydrogen (secondary N) is 2. The topological polar surface area (TPSA) is 67.4 Å². The number of ether oxygens (including phenoxy) is 1. The van der Waals surface area contributed by atoms with E-state index in [2.05, 4.69) is 10.0 Å². The Bertz CT molecular complexity index is 520. The molecule has 0 amide bonds. The molecule has 0 spiro atoms. The molecule has 0 bridgehead atoms. The first kappa shape index (κ1) is 17.2. The van der Waals surface area contributed by atoms with Crippen LogP contribution < -0.4 is 14.8 Å². The second kappa shape index (κ2) is 8.46. The van der Waals surface area contributed by atoms with Gasteiger partial charge in [0.1, 0.15) is 5.75 Å². The lowest BCUT2D eigenvalue weighted by molar-refractivity contribution is 0.409. The molecule has 0 radical (unpaired) electrons. The van der Waals surface area contributed by atoms with Crippen molar-refractivity contribution < 1.29 is 13.2 Å². The Labute approximate surface area is 125 Å². The summed E-state index contributed by atoms with van der Waals surface area (Å²) >= 11 is 6.06. The van der Waals surface area contributed by atoms with Crippen LogP contribution in [0.1, 0.15) is 18.9 Å². The van der Waals surface area contributed by atoms with Gasteiger partial charge in [-0.3, -0.25) is 0 Å². The number of rotatable bonds is 9. The van der Waals surface area contributed by atoms with E-state index in [1.807, 2.05) is 6.92 Å². The Morgan fingerprint density at radius 2 is 2.10 bits per heavy atom. The molecule has 0 saturated heterocycles. The minimum atomic E-state index is -3.31. The highest BCUT2D eigenvalue weighted by atomic mass is 35.5. The Kier molecular flexibility index (Phi) is 7.29. The van der Waals surface area contributed by atoms with Crippen molar-refractivity contribution in [3.63, 3.8) is 0 Å². The number of methoxy groups -OCH3 is 1. The molecular formula is C13H21ClN2O3S. The van der Waals surface area contributed by atoms with E-state index in [4.69, 9.17) is 16.3 Å². The van der Waals surface area contributed by atoms with E-state index in [-0.39, 0.29) is 12.3 Å². The third kappa shape index (κ3) is 5.66. The maximum Gasteiger partial charge on any atom is 0.211 e. The summed E-state index contributed by atoms with van der Waals surface area (Å²) in [5, 5.41) is 3.57. The summed E-state index contributed by atoms with van der Waals surface area (Å²) in [6.45, 7) is 3.64. The Morgan fingerprint density at radius 1 is 1.35 bits per heavy atom. The molecule has 0 aliphatic carbocycles. The summed E-state index contributed by atoms with van der Waals surface area (Å²) in [4.78, 5) is 0. The van der Waals surface area contributed by atoms with Gasteiger partial charge in [0.25, 0.3) is 0 Å². The minimum absolute atomic E-state index is 0.0900. The molecule has 20 heavy (non-hydrogen) atoms. The zero-order valence-corrected chi connectivity index (χ0v) is 13.4. The van der Waals surface area contributed by atoms with Crippen LogP contribution in [0, 0.1) is 0 Å². The summed E-state index contributed by atoms with van der Waals surface area (Å²) in [5.41, 5.74) is 0.645.